The van der Waals surface area contributed by atoms with E-state index in [4.69, 9.17) is 0 Å². The molecule has 1 aromatic carbocycles. The topological polar surface area (TPSA) is 59.1 Å². The monoisotopic (exact) mass is 374 g/mol. The Morgan fingerprint density at radius 2 is 1.92 bits per heavy atom. The summed E-state index contributed by atoms with van der Waals surface area (Å²) < 4.78 is 48.9. The molecule has 1 heterocycles. The number of alkyl halides is 2. The van der Waals surface area contributed by atoms with E-state index in [-0.39, 0.29) is 16.0 Å². The SMILES string of the molecule is CC(C)(C)c1nc(CCNc2ccccc2S(=O)(=O)C(F)F)cs1. The number of rotatable bonds is 6. The van der Waals surface area contributed by atoms with Crippen LogP contribution in [0.4, 0.5) is 14.5 Å². The first-order valence-corrected chi connectivity index (χ1v) is 9.85. The van der Waals surface area contributed by atoms with Crippen LogP contribution in [-0.2, 0) is 21.7 Å². The van der Waals surface area contributed by atoms with Gasteiger partial charge in [-0.15, -0.1) is 11.3 Å². The van der Waals surface area contributed by atoms with Crippen molar-refractivity contribution < 1.29 is 17.2 Å². The molecule has 2 aromatic rings. The maximum atomic E-state index is 12.8. The molecule has 24 heavy (non-hydrogen) atoms. The Morgan fingerprint density at radius 1 is 1.25 bits per heavy atom. The Labute approximate surface area is 144 Å². The molecular formula is C16H20F2N2O2S2. The van der Waals surface area contributed by atoms with Gasteiger partial charge in [-0.05, 0) is 12.1 Å². The van der Waals surface area contributed by atoms with Gasteiger partial charge in [-0.3, -0.25) is 0 Å². The van der Waals surface area contributed by atoms with Gasteiger partial charge in [0.05, 0.1) is 21.3 Å². The number of nitrogens with one attached hydrogen (secondary N) is 1. The highest BCUT2D eigenvalue weighted by molar-refractivity contribution is 7.91. The van der Waals surface area contributed by atoms with Gasteiger partial charge in [-0.1, -0.05) is 32.9 Å². The van der Waals surface area contributed by atoms with Crippen LogP contribution in [0.2, 0.25) is 0 Å². The number of halogens is 2. The average molecular weight is 374 g/mol. The smallest absolute Gasteiger partial charge is 0.341 e. The highest BCUT2D eigenvalue weighted by Crippen LogP contribution is 2.27. The highest BCUT2D eigenvalue weighted by Gasteiger charge is 2.28. The minimum atomic E-state index is -4.63. The van der Waals surface area contributed by atoms with Crippen molar-refractivity contribution in [3.63, 3.8) is 0 Å². The summed E-state index contributed by atoms with van der Waals surface area (Å²) in [6.07, 6.45) is 0.579. The highest BCUT2D eigenvalue weighted by atomic mass is 32.2. The fourth-order valence-corrected chi connectivity index (χ4v) is 3.90. The van der Waals surface area contributed by atoms with Gasteiger partial charge in [0.2, 0.25) is 9.84 Å². The number of sulfone groups is 1. The van der Waals surface area contributed by atoms with Crippen molar-refractivity contribution in [3.8, 4) is 0 Å². The van der Waals surface area contributed by atoms with E-state index in [0.29, 0.717) is 13.0 Å². The fraction of sp³-hybridized carbons (Fsp3) is 0.438. The summed E-state index contributed by atoms with van der Waals surface area (Å²) in [5.74, 6) is -3.44. The first kappa shape index (κ1) is 18.8. The summed E-state index contributed by atoms with van der Waals surface area (Å²) in [4.78, 5) is 4.17. The standard InChI is InChI=1S/C16H20F2N2O2S2/c1-16(2,3)14-20-11(10-23-14)8-9-19-12-6-4-5-7-13(12)24(21,22)15(17)18/h4-7,10,15,19H,8-9H2,1-3H3. The van der Waals surface area contributed by atoms with Gasteiger partial charge in [0, 0.05) is 23.8 Å². The number of hydrogen-bond donors (Lipinski definition) is 1. The first-order chi connectivity index (χ1) is 11.1. The van der Waals surface area contributed by atoms with E-state index in [0.717, 1.165) is 10.7 Å². The lowest BCUT2D eigenvalue weighted by Gasteiger charge is -2.13. The van der Waals surface area contributed by atoms with E-state index >= 15 is 0 Å². The van der Waals surface area contributed by atoms with Crippen molar-refractivity contribution in [2.24, 2.45) is 0 Å². The lowest BCUT2D eigenvalue weighted by molar-refractivity contribution is 0.235. The molecular weight excluding hydrogens is 354 g/mol. The molecule has 0 amide bonds. The summed E-state index contributed by atoms with van der Waals surface area (Å²) in [6, 6.07) is 5.70. The summed E-state index contributed by atoms with van der Waals surface area (Å²) in [7, 11) is -4.63. The molecule has 4 nitrogen and oxygen atoms in total. The van der Waals surface area contributed by atoms with Crippen molar-refractivity contribution in [1.82, 2.24) is 4.98 Å². The van der Waals surface area contributed by atoms with Crippen LogP contribution < -0.4 is 5.32 Å². The molecule has 1 N–H and O–H groups in total. The van der Waals surface area contributed by atoms with Crippen molar-refractivity contribution in [2.75, 3.05) is 11.9 Å². The number of nitrogens with zero attached hydrogens (tertiary/aromatic N) is 1. The normalized spacial score (nSPS) is 12.6. The summed E-state index contributed by atoms with van der Waals surface area (Å²) in [5, 5.41) is 5.91. The second-order valence-electron chi connectivity index (χ2n) is 6.37. The Morgan fingerprint density at radius 3 is 2.50 bits per heavy atom. The summed E-state index contributed by atoms with van der Waals surface area (Å²) in [5.41, 5.74) is 1.06. The lowest BCUT2D eigenvalue weighted by Crippen LogP contribution is -2.15. The number of anilines is 1. The number of benzene rings is 1. The second kappa shape index (κ2) is 7.14. The average Bonchev–Trinajstić information content (AvgIpc) is 2.96. The van der Waals surface area contributed by atoms with Gasteiger partial charge < -0.3 is 5.32 Å². The molecule has 0 spiro atoms. The van der Waals surface area contributed by atoms with Gasteiger partial charge in [-0.25, -0.2) is 13.4 Å². The first-order valence-electron chi connectivity index (χ1n) is 7.42. The molecule has 2 rings (SSSR count). The van der Waals surface area contributed by atoms with E-state index in [1.165, 1.54) is 18.2 Å². The molecule has 1 aromatic heterocycles. The van der Waals surface area contributed by atoms with Gasteiger partial charge in [0.1, 0.15) is 0 Å². The molecule has 0 aliphatic carbocycles. The zero-order valence-electron chi connectivity index (χ0n) is 13.7. The zero-order valence-corrected chi connectivity index (χ0v) is 15.3. The van der Waals surface area contributed by atoms with Crippen LogP contribution in [0.15, 0.2) is 34.5 Å². The Balaban J connectivity index is 2.07. The lowest BCUT2D eigenvalue weighted by atomic mass is 9.98. The van der Waals surface area contributed by atoms with Crippen molar-refractivity contribution in [3.05, 3.63) is 40.3 Å². The number of para-hydroxylation sites is 1. The summed E-state index contributed by atoms with van der Waals surface area (Å²) in [6.45, 7) is 6.65. The third kappa shape index (κ3) is 4.30. The van der Waals surface area contributed by atoms with E-state index in [2.05, 4.69) is 31.1 Å². The van der Waals surface area contributed by atoms with E-state index < -0.39 is 15.6 Å². The molecule has 0 unspecified atom stereocenters. The molecule has 0 radical (unpaired) electrons. The van der Waals surface area contributed by atoms with Gasteiger partial charge in [0.25, 0.3) is 0 Å². The maximum absolute atomic E-state index is 12.8. The Bertz CT molecular complexity index is 796. The number of hydrogen-bond acceptors (Lipinski definition) is 5. The van der Waals surface area contributed by atoms with E-state index in [9.17, 15) is 17.2 Å². The van der Waals surface area contributed by atoms with Crippen LogP contribution in [0.3, 0.4) is 0 Å². The van der Waals surface area contributed by atoms with Crippen LogP contribution in [0.1, 0.15) is 31.5 Å². The quantitative estimate of drug-likeness (QED) is 0.827. The maximum Gasteiger partial charge on any atom is 0.341 e. The molecule has 0 saturated heterocycles. The largest absolute Gasteiger partial charge is 0.384 e. The van der Waals surface area contributed by atoms with Gasteiger partial charge in [0.15, 0.2) is 0 Å². The summed E-state index contributed by atoms with van der Waals surface area (Å²) >= 11 is 1.58. The molecule has 0 fully saturated rings. The predicted octanol–water partition coefficient (Wildman–Crippen LogP) is 4.09. The van der Waals surface area contributed by atoms with E-state index in [1.54, 1.807) is 17.4 Å². The Hall–Kier alpha value is -1.54. The molecule has 8 heteroatoms. The molecule has 0 aliphatic rings. The Kier molecular flexibility index (Phi) is 5.59. The van der Waals surface area contributed by atoms with Crippen LogP contribution in [0.5, 0.6) is 0 Å². The van der Waals surface area contributed by atoms with Crippen LogP contribution in [0.25, 0.3) is 0 Å². The van der Waals surface area contributed by atoms with Crippen LogP contribution in [-0.4, -0.2) is 25.7 Å². The fourth-order valence-electron chi connectivity index (χ4n) is 2.05. The minimum Gasteiger partial charge on any atom is -0.384 e. The van der Waals surface area contributed by atoms with Crippen molar-refractivity contribution in [2.45, 2.75) is 43.3 Å². The minimum absolute atomic E-state index is 0.0196. The van der Waals surface area contributed by atoms with Crippen LogP contribution >= 0.6 is 11.3 Å². The van der Waals surface area contributed by atoms with Gasteiger partial charge >= 0.3 is 5.76 Å². The second-order valence-corrected chi connectivity index (χ2v) is 9.12. The van der Waals surface area contributed by atoms with Gasteiger partial charge in [-0.2, -0.15) is 8.78 Å². The molecule has 0 saturated carbocycles. The predicted molar refractivity (Wildman–Crippen MR) is 92.6 cm³/mol. The number of thiazole rings is 1. The van der Waals surface area contributed by atoms with Crippen molar-refractivity contribution >= 4 is 26.9 Å². The van der Waals surface area contributed by atoms with Crippen LogP contribution in [0, 0.1) is 0 Å². The molecule has 0 aliphatic heterocycles. The molecule has 132 valence electrons. The molecule has 0 atom stereocenters. The third-order valence-corrected chi connectivity index (χ3v) is 6.07. The third-order valence-electron chi connectivity index (χ3n) is 3.32. The zero-order chi connectivity index (χ0) is 18.0. The van der Waals surface area contributed by atoms with Crippen molar-refractivity contribution in [1.29, 1.82) is 0 Å². The number of aromatic nitrogens is 1. The molecule has 0 bridgehead atoms. The van der Waals surface area contributed by atoms with E-state index in [1.807, 2.05) is 5.38 Å².